The second kappa shape index (κ2) is 7.95. The lowest BCUT2D eigenvalue weighted by atomic mass is 9.91. The average molecular weight is 440 g/mol. The van der Waals surface area contributed by atoms with E-state index in [0.29, 0.717) is 13.1 Å². The molecule has 1 aliphatic carbocycles. The number of hydrogen-bond donors (Lipinski definition) is 3. The van der Waals surface area contributed by atoms with Gasteiger partial charge in [0.15, 0.2) is 0 Å². The smallest absolute Gasteiger partial charge is 0.348 e. The van der Waals surface area contributed by atoms with Gasteiger partial charge in [-0.25, -0.2) is 9.18 Å². The summed E-state index contributed by atoms with van der Waals surface area (Å²) < 4.78 is 53.3. The Labute approximate surface area is 173 Å². The molecule has 7 nitrogen and oxygen atoms in total. The summed E-state index contributed by atoms with van der Waals surface area (Å²) in [6.07, 6.45) is -2.09. The molecule has 3 atom stereocenters. The van der Waals surface area contributed by atoms with E-state index in [0.717, 1.165) is 25.1 Å². The number of carbonyl (C=O) groups excluding carboxylic acids is 1. The number of rotatable bonds is 4. The number of H-pyrrole nitrogens is 2. The molecule has 2 bridgehead atoms. The maximum Gasteiger partial charge on any atom is 0.419 e. The highest BCUT2D eigenvalue weighted by Gasteiger charge is 2.43. The van der Waals surface area contributed by atoms with E-state index in [1.165, 1.54) is 12.1 Å². The summed E-state index contributed by atoms with van der Waals surface area (Å²) >= 11 is 0. The number of likely N-dealkylation sites (tertiary alicyclic amines) is 1. The van der Waals surface area contributed by atoms with Crippen molar-refractivity contribution < 1.29 is 22.4 Å². The van der Waals surface area contributed by atoms with Gasteiger partial charge in [-0.15, -0.1) is 0 Å². The topological polar surface area (TPSA) is 98.1 Å². The second-order valence-corrected chi connectivity index (χ2v) is 8.05. The molecule has 1 amide bonds. The first-order valence-corrected chi connectivity index (χ1v) is 9.83. The van der Waals surface area contributed by atoms with E-state index < -0.39 is 34.7 Å². The first-order chi connectivity index (χ1) is 14.6. The van der Waals surface area contributed by atoms with Crippen molar-refractivity contribution in [3.8, 4) is 0 Å². The standard InChI is InChI=1S/C20H20F4N4O3/c21-15-10(2-1-3-14(15)20(22,23)24)7-28-8-11-4-5-12(9-28)16(11)26-17(29)13-6-25-19(31)27-18(13)30/h1-3,6,11-12,16H,4-5,7-9H2,(H,26,29)(H2,25,27,30,31)/t11-,12+,16?. The number of alkyl halides is 3. The van der Waals surface area contributed by atoms with Crippen molar-refractivity contribution in [1.82, 2.24) is 20.2 Å². The SMILES string of the molecule is O=C(NC1[C@@H]2CC[C@H]1CN(Cc1cccc(C(F)(F)F)c1F)C2)c1c[nH]c(=O)[nH]c1=O. The third kappa shape index (κ3) is 4.27. The molecule has 3 N–H and O–H groups in total. The maximum atomic E-state index is 14.4. The number of aromatic nitrogens is 2. The quantitative estimate of drug-likeness (QED) is 0.633. The van der Waals surface area contributed by atoms with Gasteiger partial charge in [0.25, 0.3) is 11.5 Å². The van der Waals surface area contributed by atoms with Crippen molar-refractivity contribution in [3.63, 3.8) is 0 Å². The van der Waals surface area contributed by atoms with Crippen LogP contribution in [0.5, 0.6) is 0 Å². The van der Waals surface area contributed by atoms with Gasteiger partial charge in [0, 0.05) is 37.4 Å². The van der Waals surface area contributed by atoms with Gasteiger partial charge in [0.1, 0.15) is 11.4 Å². The first-order valence-electron chi connectivity index (χ1n) is 9.83. The lowest BCUT2D eigenvalue weighted by Gasteiger charge is -2.38. The Kier molecular flexibility index (Phi) is 5.46. The molecule has 31 heavy (non-hydrogen) atoms. The number of fused-ring (bicyclic) bond motifs is 2. The van der Waals surface area contributed by atoms with E-state index in [2.05, 4.69) is 10.3 Å². The van der Waals surface area contributed by atoms with Gasteiger partial charge in [-0.2, -0.15) is 13.2 Å². The van der Waals surface area contributed by atoms with E-state index in [1.54, 1.807) is 0 Å². The number of amides is 1. The van der Waals surface area contributed by atoms with Crippen LogP contribution in [0.3, 0.4) is 0 Å². The zero-order chi connectivity index (χ0) is 22.3. The summed E-state index contributed by atoms with van der Waals surface area (Å²) in [6.45, 7) is 1.02. The van der Waals surface area contributed by atoms with Crippen LogP contribution in [0.25, 0.3) is 0 Å². The third-order valence-electron chi connectivity index (χ3n) is 6.05. The fourth-order valence-corrected chi connectivity index (χ4v) is 4.65. The number of nitrogens with one attached hydrogen (secondary N) is 3. The molecule has 4 rings (SSSR count). The molecule has 11 heteroatoms. The highest BCUT2D eigenvalue weighted by atomic mass is 19.4. The molecular formula is C20H20F4N4O3. The Balaban J connectivity index is 1.45. The molecule has 1 unspecified atom stereocenters. The monoisotopic (exact) mass is 440 g/mol. The summed E-state index contributed by atoms with van der Waals surface area (Å²) in [5.41, 5.74) is -2.99. The van der Waals surface area contributed by atoms with E-state index in [9.17, 15) is 31.9 Å². The van der Waals surface area contributed by atoms with Gasteiger partial charge in [-0.1, -0.05) is 12.1 Å². The van der Waals surface area contributed by atoms with Crippen molar-refractivity contribution in [2.45, 2.75) is 31.6 Å². The number of hydrogen-bond acceptors (Lipinski definition) is 4. The number of benzene rings is 1. The Morgan fingerprint density at radius 3 is 2.45 bits per heavy atom. The van der Waals surface area contributed by atoms with Crippen LogP contribution in [0, 0.1) is 17.7 Å². The molecule has 0 spiro atoms. The molecule has 2 aromatic rings. The Bertz CT molecular complexity index is 1100. The number of nitrogens with zero attached hydrogens (tertiary/aromatic N) is 1. The van der Waals surface area contributed by atoms with E-state index in [-0.39, 0.29) is 35.5 Å². The van der Waals surface area contributed by atoms with Crippen LogP contribution in [0.4, 0.5) is 17.6 Å². The lowest BCUT2D eigenvalue weighted by Crippen LogP contribution is -2.53. The molecule has 2 heterocycles. The fourth-order valence-electron chi connectivity index (χ4n) is 4.65. The van der Waals surface area contributed by atoms with Crippen molar-refractivity contribution >= 4 is 5.91 Å². The minimum Gasteiger partial charge on any atom is -0.348 e. The van der Waals surface area contributed by atoms with Gasteiger partial charge in [-0.05, 0) is 30.7 Å². The van der Waals surface area contributed by atoms with Crippen molar-refractivity contribution in [2.75, 3.05) is 13.1 Å². The predicted octanol–water partition coefficient (Wildman–Crippen LogP) is 1.86. The maximum absolute atomic E-state index is 14.4. The average Bonchev–Trinajstić information content (AvgIpc) is 2.91. The van der Waals surface area contributed by atoms with Crippen LogP contribution in [0.15, 0.2) is 34.0 Å². The normalized spacial score (nSPS) is 23.7. The van der Waals surface area contributed by atoms with Gasteiger partial charge in [0.05, 0.1) is 5.56 Å². The van der Waals surface area contributed by atoms with Gasteiger partial charge < -0.3 is 10.3 Å². The van der Waals surface area contributed by atoms with Crippen molar-refractivity contribution in [1.29, 1.82) is 0 Å². The molecule has 0 radical (unpaired) electrons. The molecule has 1 aliphatic heterocycles. The largest absolute Gasteiger partial charge is 0.419 e. The molecule has 1 aromatic heterocycles. The van der Waals surface area contributed by atoms with Crippen LogP contribution in [-0.2, 0) is 12.7 Å². The Hall–Kier alpha value is -2.95. The van der Waals surface area contributed by atoms with Gasteiger partial charge in [0.2, 0.25) is 0 Å². The van der Waals surface area contributed by atoms with Crippen LogP contribution in [0.1, 0.15) is 34.3 Å². The highest BCUT2D eigenvalue weighted by molar-refractivity contribution is 5.93. The molecule has 2 fully saturated rings. The zero-order valence-electron chi connectivity index (χ0n) is 16.3. The summed E-state index contributed by atoms with van der Waals surface area (Å²) in [5, 5.41) is 2.85. The third-order valence-corrected chi connectivity index (χ3v) is 6.05. The summed E-state index contributed by atoms with van der Waals surface area (Å²) in [7, 11) is 0. The number of piperidine rings is 1. The molecule has 166 valence electrons. The molecule has 1 saturated heterocycles. The lowest BCUT2D eigenvalue weighted by molar-refractivity contribution is -0.140. The molecule has 2 aliphatic rings. The minimum absolute atomic E-state index is 0.0171. The highest BCUT2D eigenvalue weighted by Crippen LogP contribution is 2.38. The van der Waals surface area contributed by atoms with Crippen molar-refractivity contribution in [3.05, 3.63) is 67.7 Å². The Morgan fingerprint density at radius 2 is 1.84 bits per heavy atom. The minimum atomic E-state index is -4.75. The van der Waals surface area contributed by atoms with Crippen LogP contribution in [-0.4, -0.2) is 39.9 Å². The van der Waals surface area contributed by atoms with E-state index in [1.807, 2.05) is 9.88 Å². The molecular weight excluding hydrogens is 420 g/mol. The fraction of sp³-hybridized carbons (Fsp3) is 0.450. The predicted molar refractivity (Wildman–Crippen MR) is 102 cm³/mol. The van der Waals surface area contributed by atoms with E-state index in [4.69, 9.17) is 0 Å². The first kappa shape index (κ1) is 21.3. The number of carbonyl (C=O) groups is 1. The zero-order valence-corrected chi connectivity index (χ0v) is 16.3. The van der Waals surface area contributed by atoms with E-state index >= 15 is 0 Å². The van der Waals surface area contributed by atoms with Gasteiger partial charge >= 0.3 is 11.9 Å². The number of halogens is 4. The van der Waals surface area contributed by atoms with Crippen LogP contribution < -0.4 is 16.6 Å². The molecule has 1 saturated carbocycles. The van der Waals surface area contributed by atoms with Crippen molar-refractivity contribution in [2.24, 2.45) is 11.8 Å². The van der Waals surface area contributed by atoms with Crippen LogP contribution in [0.2, 0.25) is 0 Å². The Morgan fingerprint density at radius 1 is 1.16 bits per heavy atom. The van der Waals surface area contributed by atoms with Gasteiger partial charge in [-0.3, -0.25) is 19.5 Å². The second-order valence-electron chi connectivity index (χ2n) is 8.05. The van der Waals surface area contributed by atoms with Crippen LogP contribution >= 0.6 is 0 Å². The summed E-state index contributed by atoms with van der Waals surface area (Å²) in [4.78, 5) is 41.6. The molecule has 1 aromatic carbocycles. The summed E-state index contributed by atoms with van der Waals surface area (Å²) in [5.74, 6) is -1.80. The summed E-state index contributed by atoms with van der Waals surface area (Å²) in [6, 6.07) is 3.07. The number of aromatic amines is 2.